The number of hydrogen-bond acceptors (Lipinski definition) is 4. The van der Waals surface area contributed by atoms with E-state index in [1.165, 1.54) is 0 Å². The second-order valence-electron chi connectivity index (χ2n) is 3.55. The van der Waals surface area contributed by atoms with Crippen LogP contribution in [0.25, 0.3) is 0 Å². The Kier molecular flexibility index (Phi) is 4.38. The predicted octanol–water partition coefficient (Wildman–Crippen LogP) is -0.271. The van der Waals surface area contributed by atoms with E-state index in [0.717, 1.165) is 0 Å². The first-order valence-corrected chi connectivity index (χ1v) is 4.82. The summed E-state index contributed by atoms with van der Waals surface area (Å²) in [6, 6.07) is 0. The number of aliphatic carboxylic acids is 1. The molecule has 0 radical (unpaired) electrons. The van der Waals surface area contributed by atoms with Crippen LogP contribution in [0.1, 0.15) is 19.3 Å². The molecule has 1 heterocycles. The molecule has 1 aliphatic heterocycles. The summed E-state index contributed by atoms with van der Waals surface area (Å²) in [6.45, 7) is 0.489. The van der Waals surface area contributed by atoms with Gasteiger partial charge in [0.05, 0.1) is 12.0 Å². The van der Waals surface area contributed by atoms with Crippen molar-refractivity contribution in [1.82, 2.24) is 0 Å². The summed E-state index contributed by atoms with van der Waals surface area (Å²) in [5.74, 6) is -1.25. The Balaban J connectivity index is 2.26. The molecule has 1 aliphatic rings. The van der Waals surface area contributed by atoms with Crippen molar-refractivity contribution in [3.8, 4) is 0 Å². The van der Waals surface area contributed by atoms with Crippen LogP contribution in [0.3, 0.4) is 0 Å². The minimum atomic E-state index is -1.31. The second-order valence-corrected chi connectivity index (χ2v) is 3.55. The molecule has 3 N–H and O–H groups in total. The standard InChI is InChI=1S/C8H15BO5/c10-8(11)6-3-5-14-7(6)2-1-4-9(12)13/h6-7,12-13H,1-5H2,(H,10,11)/t6-,7-/m1/s1. The van der Waals surface area contributed by atoms with Gasteiger partial charge in [0, 0.05) is 6.61 Å². The fourth-order valence-electron chi connectivity index (χ4n) is 1.72. The Morgan fingerprint density at radius 1 is 1.50 bits per heavy atom. The van der Waals surface area contributed by atoms with Gasteiger partial charge in [-0.3, -0.25) is 4.79 Å². The van der Waals surface area contributed by atoms with Crippen molar-refractivity contribution < 1.29 is 24.7 Å². The highest BCUT2D eigenvalue weighted by atomic mass is 16.5. The van der Waals surface area contributed by atoms with Crippen LogP contribution in [0.4, 0.5) is 0 Å². The quantitative estimate of drug-likeness (QED) is 0.534. The third kappa shape index (κ3) is 3.28. The lowest BCUT2D eigenvalue weighted by Crippen LogP contribution is -2.24. The maximum Gasteiger partial charge on any atom is 0.451 e. The van der Waals surface area contributed by atoms with Crippen LogP contribution < -0.4 is 0 Å². The van der Waals surface area contributed by atoms with Crippen molar-refractivity contribution >= 4 is 13.1 Å². The molecule has 6 heteroatoms. The smallest absolute Gasteiger partial charge is 0.451 e. The summed E-state index contributed by atoms with van der Waals surface area (Å²) in [5, 5.41) is 26.0. The van der Waals surface area contributed by atoms with E-state index in [2.05, 4.69) is 0 Å². The Hall–Kier alpha value is -0.585. The maximum atomic E-state index is 10.7. The van der Waals surface area contributed by atoms with Gasteiger partial charge >= 0.3 is 13.1 Å². The van der Waals surface area contributed by atoms with Crippen LogP contribution in [0.2, 0.25) is 6.32 Å². The number of carboxylic acids is 1. The highest BCUT2D eigenvalue weighted by molar-refractivity contribution is 6.40. The molecule has 0 aliphatic carbocycles. The van der Waals surface area contributed by atoms with E-state index in [-0.39, 0.29) is 12.4 Å². The van der Waals surface area contributed by atoms with E-state index in [4.69, 9.17) is 19.9 Å². The van der Waals surface area contributed by atoms with Crippen LogP contribution >= 0.6 is 0 Å². The van der Waals surface area contributed by atoms with Crippen molar-refractivity contribution in [3.63, 3.8) is 0 Å². The van der Waals surface area contributed by atoms with Crippen molar-refractivity contribution in [2.45, 2.75) is 31.7 Å². The lowest BCUT2D eigenvalue weighted by atomic mass is 9.82. The van der Waals surface area contributed by atoms with E-state index >= 15 is 0 Å². The molecule has 0 amide bonds. The predicted molar refractivity (Wildman–Crippen MR) is 49.7 cm³/mol. The fraction of sp³-hybridized carbons (Fsp3) is 0.875. The molecule has 1 saturated heterocycles. The minimum Gasteiger partial charge on any atom is -0.481 e. The third-order valence-electron chi connectivity index (χ3n) is 2.48. The number of carbonyl (C=O) groups is 1. The molecule has 14 heavy (non-hydrogen) atoms. The van der Waals surface area contributed by atoms with Crippen LogP contribution in [-0.4, -0.2) is 41.0 Å². The average Bonchev–Trinajstić information content (AvgIpc) is 2.51. The molecule has 5 nitrogen and oxygen atoms in total. The van der Waals surface area contributed by atoms with Crippen molar-refractivity contribution in [1.29, 1.82) is 0 Å². The molecule has 0 bridgehead atoms. The molecular formula is C8H15BO5. The van der Waals surface area contributed by atoms with Gasteiger partial charge in [-0.2, -0.15) is 0 Å². The molecule has 0 spiro atoms. The first-order chi connectivity index (χ1) is 6.61. The highest BCUT2D eigenvalue weighted by Crippen LogP contribution is 2.25. The summed E-state index contributed by atoms with van der Waals surface area (Å²) < 4.78 is 5.26. The number of carboxylic acid groups (broad SMARTS) is 1. The van der Waals surface area contributed by atoms with Gasteiger partial charge in [0.2, 0.25) is 0 Å². The van der Waals surface area contributed by atoms with Gasteiger partial charge in [-0.05, 0) is 19.2 Å². The van der Waals surface area contributed by atoms with Crippen molar-refractivity contribution in [3.05, 3.63) is 0 Å². The van der Waals surface area contributed by atoms with Crippen LogP contribution in [0, 0.1) is 5.92 Å². The van der Waals surface area contributed by atoms with E-state index in [1.807, 2.05) is 0 Å². The van der Waals surface area contributed by atoms with Crippen molar-refractivity contribution in [2.75, 3.05) is 6.61 Å². The Bertz CT molecular complexity index is 196. The lowest BCUT2D eigenvalue weighted by molar-refractivity contribution is -0.143. The monoisotopic (exact) mass is 202 g/mol. The zero-order valence-electron chi connectivity index (χ0n) is 7.93. The largest absolute Gasteiger partial charge is 0.481 e. The van der Waals surface area contributed by atoms with E-state index in [1.54, 1.807) is 0 Å². The molecule has 0 aromatic rings. The summed E-state index contributed by atoms with van der Waals surface area (Å²) in [7, 11) is -1.31. The van der Waals surface area contributed by atoms with E-state index in [9.17, 15) is 4.79 Å². The van der Waals surface area contributed by atoms with Gasteiger partial charge in [-0.15, -0.1) is 0 Å². The molecular weight excluding hydrogens is 187 g/mol. The topological polar surface area (TPSA) is 87.0 Å². The van der Waals surface area contributed by atoms with Gasteiger partial charge in [0.1, 0.15) is 0 Å². The Morgan fingerprint density at radius 3 is 2.79 bits per heavy atom. The molecule has 0 aromatic heterocycles. The molecule has 1 fully saturated rings. The summed E-state index contributed by atoms with van der Waals surface area (Å²) in [5.41, 5.74) is 0. The molecule has 1 rings (SSSR count). The van der Waals surface area contributed by atoms with E-state index in [0.29, 0.717) is 25.9 Å². The summed E-state index contributed by atoms with van der Waals surface area (Å²) >= 11 is 0. The van der Waals surface area contributed by atoms with Crippen LogP contribution in [-0.2, 0) is 9.53 Å². The molecule has 0 aromatic carbocycles. The van der Waals surface area contributed by atoms with E-state index < -0.39 is 19.0 Å². The second kappa shape index (κ2) is 5.33. The Labute approximate surface area is 82.8 Å². The van der Waals surface area contributed by atoms with Crippen molar-refractivity contribution in [2.24, 2.45) is 5.92 Å². The summed E-state index contributed by atoms with van der Waals surface area (Å²) in [4.78, 5) is 10.7. The molecule has 0 unspecified atom stereocenters. The first-order valence-electron chi connectivity index (χ1n) is 4.82. The first kappa shape index (κ1) is 11.5. The normalized spacial score (nSPS) is 26.4. The maximum absolute atomic E-state index is 10.7. The molecule has 2 atom stereocenters. The van der Waals surface area contributed by atoms with Gasteiger partial charge in [0.15, 0.2) is 0 Å². The van der Waals surface area contributed by atoms with Gasteiger partial charge < -0.3 is 19.9 Å². The van der Waals surface area contributed by atoms with Crippen LogP contribution in [0.15, 0.2) is 0 Å². The van der Waals surface area contributed by atoms with Gasteiger partial charge in [-0.1, -0.05) is 6.42 Å². The van der Waals surface area contributed by atoms with Gasteiger partial charge in [0.25, 0.3) is 0 Å². The summed E-state index contributed by atoms with van der Waals surface area (Å²) in [6.07, 6.45) is 1.72. The van der Waals surface area contributed by atoms with Crippen LogP contribution in [0.5, 0.6) is 0 Å². The average molecular weight is 202 g/mol. The number of rotatable bonds is 5. The minimum absolute atomic E-state index is 0.258. The Morgan fingerprint density at radius 2 is 2.21 bits per heavy atom. The van der Waals surface area contributed by atoms with Gasteiger partial charge in [-0.25, -0.2) is 0 Å². The fourth-order valence-corrected chi connectivity index (χ4v) is 1.72. The zero-order chi connectivity index (χ0) is 10.6. The molecule has 0 saturated carbocycles. The highest BCUT2D eigenvalue weighted by Gasteiger charge is 2.33. The number of ether oxygens (including phenoxy) is 1. The lowest BCUT2D eigenvalue weighted by Gasteiger charge is -2.14. The molecule has 80 valence electrons. The number of hydrogen-bond donors (Lipinski definition) is 3. The zero-order valence-corrected chi connectivity index (χ0v) is 7.93. The third-order valence-corrected chi connectivity index (χ3v) is 2.48. The SMILES string of the molecule is O=C(O)[C@@H]1CCO[C@@H]1CCCB(O)O.